The predicted octanol–water partition coefficient (Wildman–Crippen LogP) is 3.69. The maximum absolute atomic E-state index is 11.5. The van der Waals surface area contributed by atoms with Crippen molar-refractivity contribution >= 4 is 23.4 Å². The van der Waals surface area contributed by atoms with E-state index in [-0.39, 0.29) is 6.04 Å². The summed E-state index contributed by atoms with van der Waals surface area (Å²) in [5.74, 6) is -0.877. The fourth-order valence-corrected chi connectivity index (χ4v) is 3.54. The van der Waals surface area contributed by atoms with Crippen LogP contribution < -0.4 is 5.32 Å². The lowest BCUT2D eigenvalue weighted by molar-refractivity contribution is 0.0694. The Morgan fingerprint density at radius 2 is 1.81 bits per heavy atom. The Hall–Kier alpha value is -1.94. The zero-order chi connectivity index (χ0) is 14.8. The van der Waals surface area contributed by atoms with Crippen LogP contribution in [0.4, 0.5) is 5.69 Å². The van der Waals surface area contributed by atoms with E-state index in [0.717, 1.165) is 17.7 Å². The van der Waals surface area contributed by atoms with Gasteiger partial charge in [-0.15, -0.1) is 11.8 Å². The highest BCUT2D eigenvalue weighted by atomic mass is 32.2. The third-order valence-electron chi connectivity index (χ3n) is 3.87. The molecule has 0 saturated heterocycles. The summed E-state index contributed by atoms with van der Waals surface area (Å²) in [7, 11) is 0. The van der Waals surface area contributed by atoms with Crippen molar-refractivity contribution in [1.29, 1.82) is 0 Å². The second kappa shape index (κ2) is 5.82. The summed E-state index contributed by atoms with van der Waals surface area (Å²) < 4.78 is 0. The van der Waals surface area contributed by atoms with Crippen molar-refractivity contribution in [2.75, 3.05) is 11.6 Å². The number of hydrogen-bond donors (Lipinski definition) is 2. The van der Waals surface area contributed by atoms with Gasteiger partial charge in [-0.2, -0.15) is 0 Å². The maximum atomic E-state index is 11.5. The first-order chi connectivity index (χ1) is 10.2. The van der Waals surface area contributed by atoms with Crippen LogP contribution in [-0.2, 0) is 12.8 Å². The fraction of sp³-hybridized carbons (Fsp3) is 0.235. The Bertz CT molecular complexity index is 659. The molecule has 0 radical (unpaired) electrons. The number of benzene rings is 2. The van der Waals surface area contributed by atoms with Crippen LogP contribution in [0.3, 0.4) is 0 Å². The molecular weight excluding hydrogens is 282 g/mol. The van der Waals surface area contributed by atoms with Crippen molar-refractivity contribution in [3.8, 4) is 0 Å². The van der Waals surface area contributed by atoms with Crippen LogP contribution in [0.25, 0.3) is 0 Å². The van der Waals surface area contributed by atoms with Gasteiger partial charge < -0.3 is 10.4 Å². The van der Waals surface area contributed by atoms with Crippen molar-refractivity contribution in [3.05, 3.63) is 59.2 Å². The highest BCUT2D eigenvalue weighted by Gasteiger charge is 2.23. The zero-order valence-corrected chi connectivity index (χ0v) is 12.6. The lowest BCUT2D eigenvalue weighted by atomic mass is 10.1. The molecule has 2 N–H and O–H groups in total. The number of carboxylic acid groups (broad SMARTS) is 1. The monoisotopic (exact) mass is 299 g/mol. The molecular formula is C17H17NO2S. The standard InChI is InChI=1S/C17H17NO2S/c1-21-15-8-4-7-14(16(15)17(19)20)18-13-9-11-5-2-3-6-12(11)10-13/h2-8,13,18H,9-10H2,1H3,(H,19,20). The summed E-state index contributed by atoms with van der Waals surface area (Å²) in [6, 6.07) is 14.3. The smallest absolute Gasteiger partial charge is 0.338 e. The van der Waals surface area contributed by atoms with E-state index < -0.39 is 5.97 Å². The van der Waals surface area contributed by atoms with Crippen molar-refractivity contribution in [1.82, 2.24) is 0 Å². The number of hydrogen-bond acceptors (Lipinski definition) is 3. The molecule has 0 saturated carbocycles. The van der Waals surface area contributed by atoms with E-state index in [2.05, 4.69) is 29.6 Å². The number of fused-ring (bicyclic) bond motifs is 1. The normalized spacial score (nSPS) is 14.0. The zero-order valence-electron chi connectivity index (χ0n) is 11.8. The first kappa shape index (κ1) is 14.0. The van der Waals surface area contributed by atoms with Gasteiger partial charge in [0, 0.05) is 10.9 Å². The van der Waals surface area contributed by atoms with Crippen molar-refractivity contribution < 1.29 is 9.90 Å². The lowest BCUT2D eigenvalue weighted by Crippen LogP contribution is -2.21. The average Bonchev–Trinajstić information content (AvgIpc) is 2.88. The fourth-order valence-electron chi connectivity index (χ4n) is 2.92. The largest absolute Gasteiger partial charge is 0.478 e. The predicted molar refractivity (Wildman–Crippen MR) is 86.4 cm³/mol. The van der Waals surface area contributed by atoms with Gasteiger partial charge in [0.2, 0.25) is 0 Å². The van der Waals surface area contributed by atoms with Crippen LogP contribution in [0.5, 0.6) is 0 Å². The second-order valence-corrected chi connectivity index (χ2v) is 6.05. The molecule has 0 fully saturated rings. The van der Waals surface area contributed by atoms with Crippen LogP contribution in [0, 0.1) is 0 Å². The topological polar surface area (TPSA) is 49.3 Å². The Balaban J connectivity index is 1.85. The van der Waals surface area contributed by atoms with Gasteiger partial charge in [0.05, 0.1) is 11.3 Å². The van der Waals surface area contributed by atoms with Crippen molar-refractivity contribution in [2.45, 2.75) is 23.8 Å². The number of nitrogens with one attached hydrogen (secondary N) is 1. The molecule has 0 heterocycles. The highest BCUT2D eigenvalue weighted by Crippen LogP contribution is 2.30. The summed E-state index contributed by atoms with van der Waals surface area (Å²) >= 11 is 1.46. The summed E-state index contributed by atoms with van der Waals surface area (Å²) in [4.78, 5) is 12.3. The van der Waals surface area contributed by atoms with E-state index in [9.17, 15) is 9.90 Å². The van der Waals surface area contributed by atoms with Crippen LogP contribution in [0.2, 0.25) is 0 Å². The summed E-state index contributed by atoms with van der Waals surface area (Å²) in [5, 5.41) is 12.9. The molecule has 1 aliphatic rings. The molecule has 0 atom stereocenters. The molecule has 0 aliphatic heterocycles. The van der Waals surface area contributed by atoms with Crippen LogP contribution in [0.15, 0.2) is 47.4 Å². The summed E-state index contributed by atoms with van der Waals surface area (Å²) in [6.45, 7) is 0. The van der Waals surface area contributed by atoms with E-state index in [1.807, 2.05) is 24.5 Å². The van der Waals surface area contributed by atoms with Crippen LogP contribution >= 0.6 is 11.8 Å². The van der Waals surface area contributed by atoms with E-state index in [1.54, 1.807) is 0 Å². The summed E-state index contributed by atoms with van der Waals surface area (Å²) in [5.41, 5.74) is 3.80. The Kier molecular flexibility index (Phi) is 3.88. The molecule has 21 heavy (non-hydrogen) atoms. The van der Waals surface area contributed by atoms with Gasteiger partial charge in [-0.1, -0.05) is 30.3 Å². The number of carboxylic acids is 1. The number of carbonyl (C=O) groups is 1. The minimum absolute atomic E-state index is 0.262. The maximum Gasteiger partial charge on any atom is 0.338 e. The highest BCUT2D eigenvalue weighted by molar-refractivity contribution is 7.98. The number of rotatable bonds is 4. The Morgan fingerprint density at radius 3 is 2.38 bits per heavy atom. The van der Waals surface area contributed by atoms with E-state index in [4.69, 9.17) is 0 Å². The Morgan fingerprint density at radius 1 is 1.14 bits per heavy atom. The van der Waals surface area contributed by atoms with E-state index in [1.165, 1.54) is 22.9 Å². The number of thioether (sulfide) groups is 1. The third-order valence-corrected chi connectivity index (χ3v) is 4.65. The molecule has 0 unspecified atom stereocenters. The third kappa shape index (κ3) is 2.76. The van der Waals surface area contributed by atoms with E-state index in [0.29, 0.717) is 11.3 Å². The molecule has 2 aromatic rings. The second-order valence-electron chi connectivity index (χ2n) is 5.21. The molecule has 0 spiro atoms. The van der Waals surface area contributed by atoms with Crippen molar-refractivity contribution in [3.63, 3.8) is 0 Å². The average molecular weight is 299 g/mol. The minimum Gasteiger partial charge on any atom is -0.478 e. The van der Waals surface area contributed by atoms with Gasteiger partial charge in [-0.25, -0.2) is 4.79 Å². The molecule has 2 aromatic carbocycles. The Labute approximate surface area is 128 Å². The molecule has 1 aliphatic carbocycles. The quantitative estimate of drug-likeness (QED) is 0.845. The van der Waals surface area contributed by atoms with Gasteiger partial charge in [0.15, 0.2) is 0 Å². The lowest BCUT2D eigenvalue weighted by Gasteiger charge is -2.17. The van der Waals surface area contributed by atoms with Crippen molar-refractivity contribution in [2.24, 2.45) is 0 Å². The van der Waals surface area contributed by atoms with Gasteiger partial charge in [-0.05, 0) is 42.4 Å². The molecule has 4 heteroatoms. The molecule has 0 amide bonds. The molecule has 0 aromatic heterocycles. The molecule has 108 valence electrons. The van der Waals surface area contributed by atoms with Gasteiger partial charge in [0.25, 0.3) is 0 Å². The van der Waals surface area contributed by atoms with E-state index >= 15 is 0 Å². The minimum atomic E-state index is -0.877. The molecule has 3 nitrogen and oxygen atoms in total. The van der Waals surface area contributed by atoms with Crippen LogP contribution in [-0.4, -0.2) is 23.4 Å². The SMILES string of the molecule is CSc1cccc(NC2Cc3ccccc3C2)c1C(=O)O. The summed E-state index contributed by atoms with van der Waals surface area (Å²) in [6.07, 6.45) is 3.79. The first-order valence-corrected chi connectivity index (χ1v) is 8.15. The molecule has 3 rings (SSSR count). The number of anilines is 1. The number of aromatic carboxylic acids is 1. The first-order valence-electron chi connectivity index (χ1n) is 6.92. The van der Waals surface area contributed by atoms with Gasteiger partial charge >= 0.3 is 5.97 Å². The molecule has 0 bridgehead atoms. The van der Waals surface area contributed by atoms with Crippen LogP contribution in [0.1, 0.15) is 21.5 Å². The van der Waals surface area contributed by atoms with Gasteiger partial charge in [0.1, 0.15) is 0 Å². The van der Waals surface area contributed by atoms with Gasteiger partial charge in [-0.3, -0.25) is 0 Å².